The molecule has 0 unspecified atom stereocenters. The number of nitrogens with zero attached hydrogens (tertiary/aromatic N) is 3. The number of hydrogen-bond acceptors (Lipinski definition) is 6. The highest BCUT2D eigenvalue weighted by Crippen LogP contribution is 2.34. The van der Waals surface area contributed by atoms with Crippen molar-refractivity contribution in [1.29, 1.82) is 0 Å². The number of aromatic nitrogens is 4. The van der Waals surface area contributed by atoms with Gasteiger partial charge in [0.15, 0.2) is 0 Å². The van der Waals surface area contributed by atoms with E-state index in [-0.39, 0.29) is 22.9 Å². The number of H-pyrrole nitrogens is 1. The van der Waals surface area contributed by atoms with Crippen LogP contribution in [0, 0.1) is 6.92 Å². The molecule has 0 spiro atoms. The van der Waals surface area contributed by atoms with E-state index in [0.29, 0.717) is 33.3 Å². The number of nitrogens with one attached hydrogen (secondary N) is 1. The second-order valence-corrected chi connectivity index (χ2v) is 9.48. The Bertz CT molecular complexity index is 1420. The number of thiophene rings is 1. The van der Waals surface area contributed by atoms with Gasteiger partial charge in [-0.25, -0.2) is 14.5 Å². The SMILES string of the molecule is Cc1nn(Cc2ccccc2Cl)c(Cl)c1C(=O)OCc1nc2sc3c(c2c(=O)[nH]1)CCC3. The Morgan fingerprint density at radius 1 is 1.28 bits per heavy atom. The lowest BCUT2D eigenvalue weighted by Gasteiger charge is -2.06. The van der Waals surface area contributed by atoms with Crippen LogP contribution in [0.25, 0.3) is 10.2 Å². The van der Waals surface area contributed by atoms with Crippen LogP contribution in [0.15, 0.2) is 29.1 Å². The number of rotatable bonds is 5. The van der Waals surface area contributed by atoms with Gasteiger partial charge in [-0.3, -0.25) is 4.79 Å². The monoisotopic (exact) mass is 488 g/mol. The standard InChI is InChI=1S/C22H18Cl2N4O3S/c1-11-17(19(24)28(27-11)9-12-5-2-3-7-14(12)23)22(30)31-10-16-25-20(29)18-13-6-4-8-15(13)32-21(18)26-16/h2-3,5,7H,4,6,8-10H2,1H3,(H,25,26,29). The second-order valence-electron chi connectivity index (χ2n) is 7.63. The van der Waals surface area contributed by atoms with Crippen LogP contribution in [-0.2, 0) is 30.7 Å². The fourth-order valence-electron chi connectivity index (χ4n) is 4.00. The van der Waals surface area contributed by atoms with Gasteiger partial charge in [-0.1, -0.05) is 41.4 Å². The van der Waals surface area contributed by atoms with Crippen LogP contribution in [0.1, 0.15) is 44.3 Å². The minimum absolute atomic E-state index is 0.166. The van der Waals surface area contributed by atoms with Crippen LogP contribution in [0.5, 0.6) is 0 Å². The summed E-state index contributed by atoms with van der Waals surface area (Å²) in [4.78, 5) is 34.5. The van der Waals surface area contributed by atoms with Crippen molar-refractivity contribution in [3.8, 4) is 0 Å². The van der Waals surface area contributed by atoms with Crippen LogP contribution < -0.4 is 5.56 Å². The van der Waals surface area contributed by atoms with E-state index in [1.807, 2.05) is 18.2 Å². The highest BCUT2D eigenvalue weighted by Gasteiger charge is 2.24. The molecule has 3 heterocycles. The van der Waals surface area contributed by atoms with Crippen molar-refractivity contribution >= 4 is 50.7 Å². The number of halogens is 2. The van der Waals surface area contributed by atoms with E-state index in [0.717, 1.165) is 30.4 Å². The van der Waals surface area contributed by atoms with Gasteiger partial charge in [0.1, 0.15) is 28.0 Å². The van der Waals surface area contributed by atoms with E-state index in [2.05, 4.69) is 15.1 Å². The van der Waals surface area contributed by atoms with Crippen molar-refractivity contribution < 1.29 is 9.53 Å². The molecule has 0 bridgehead atoms. The smallest absolute Gasteiger partial charge is 0.343 e. The summed E-state index contributed by atoms with van der Waals surface area (Å²) in [5, 5.41) is 5.78. The molecule has 5 rings (SSSR count). The number of ether oxygens (including phenoxy) is 1. The van der Waals surface area contributed by atoms with Crippen LogP contribution in [0.2, 0.25) is 10.2 Å². The molecule has 32 heavy (non-hydrogen) atoms. The first-order valence-corrected chi connectivity index (χ1v) is 11.7. The lowest BCUT2D eigenvalue weighted by molar-refractivity contribution is 0.0461. The number of esters is 1. The average Bonchev–Trinajstić information content (AvgIpc) is 3.41. The summed E-state index contributed by atoms with van der Waals surface area (Å²) in [5.74, 6) is -0.331. The zero-order chi connectivity index (χ0) is 22.4. The number of fused-ring (bicyclic) bond motifs is 3. The lowest BCUT2D eigenvalue weighted by Crippen LogP contribution is -2.15. The van der Waals surface area contributed by atoms with Gasteiger partial charge in [0.05, 0.1) is 17.6 Å². The highest BCUT2D eigenvalue weighted by molar-refractivity contribution is 7.18. The topological polar surface area (TPSA) is 89.9 Å². The predicted molar refractivity (Wildman–Crippen MR) is 124 cm³/mol. The Hall–Kier alpha value is -2.68. The molecular weight excluding hydrogens is 471 g/mol. The van der Waals surface area contributed by atoms with Crippen LogP contribution in [0.3, 0.4) is 0 Å². The summed E-state index contributed by atoms with van der Waals surface area (Å²) in [5.41, 5.74) is 2.37. The number of aryl methyl sites for hydroxylation is 3. The van der Waals surface area contributed by atoms with Gasteiger partial charge >= 0.3 is 5.97 Å². The second kappa shape index (κ2) is 8.35. The summed E-state index contributed by atoms with van der Waals surface area (Å²) in [6.07, 6.45) is 2.96. The average molecular weight is 489 g/mol. The van der Waals surface area contributed by atoms with Gasteiger partial charge in [-0.2, -0.15) is 5.10 Å². The molecule has 4 aromatic rings. The molecule has 1 aliphatic rings. The molecule has 3 aromatic heterocycles. The van der Waals surface area contributed by atoms with Gasteiger partial charge in [-0.15, -0.1) is 11.3 Å². The third kappa shape index (κ3) is 3.72. The quantitative estimate of drug-likeness (QED) is 0.411. The number of carbonyl (C=O) groups excluding carboxylic acids is 1. The molecule has 7 nitrogen and oxygen atoms in total. The van der Waals surface area contributed by atoms with E-state index < -0.39 is 5.97 Å². The Labute approximate surface area is 197 Å². The number of benzene rings is 1. The van der Waals surface area contributed by atoms with E-state index >= 15 is 0 Å². The summed E-state index contributed by atoms with van der Waals surface area (Å²) in [7, 11) is 0. The third-order valence-electron chi connectivity index (χ3n) is 5.51. The number of hydrogen-bond donors (Lipinski definition) is 1. The van der Waals surface area contributed by atoms with Crippen LogP contribution in [0.4, 0.5) is 0 Å². The molecule has 1 aliphatic carbocycles. The van der Waals surface area contributed by atoms with E-state index in [1.54, 1.807) is 13.0 Å². The summed E-state index contributed by atoms with van der Waals surface area (Å²) < 4.78 is 6.92. The maximum absolute atomic E-state index is 12.8. The zero-order valence-electron chi connectivity index (χ0n) is 17.1. The largest absolute Gasteiger partial charge is 0.454 e. The maximum atomic E-state index is 12.8. The van der Waals surface area contributed by atoms with Crippen LogP contribution >= 0.6 is 34.5 Å². The third-order valence-corrected chi connectivity index (χ3v) is 7.45. The van der Waals surface area contributed by atoms with Crippen molar-refractivity contribution in [3.05, 3.63) is 77.9 Å². The fourth-order valence-corrected chi connectivity index (χ4v) is 5.79. The Kier molecular flexibility index (Phi) is 5.53. The maximum Gasteiger partial charge on any atom is 0.343 e. The molecule has 0 fully saturated rings. The van der Waals surface area contributed by atoms with Gasteiger partial charge in [0.2, 0.25) is 0 Å². The van der Waals surface area contributed by atoms with Crippen molar-refractivity contribution in [3.63, 3.8) is 0 Å². The van der Waals surface area contributed by atoms with Crippen molar-refractivity contribution in [1.82, 2.24) is 19.7 Å². The molecule has 0 aliphatic heterocycles. The first-order chi connectivity index (χ1) is 15.4. The van der Waals surface area contributed by atoms with E-state index in [1.165, 1.54) is 20.9 Å². The van der Waals surface area contributed by atoms with Crippen LogP contribution in [-0.4, -0.2) is 25.7 Å². The van der Waals surface area contributed by atoms with Crippen molar-refractivity contribution in [2.45, 2.75) is 39.3 Å². The molecule has 0 saturated heterocycles. The molecule has 0 saturated carbocycles. The first-order valence-electron chi connectivity index (χ1n) is 10.1. The predicted octanol–water partition coefficient (Wildman–Crippen LogP) is 4.69. The van der Waals surface area contributed by atoms with Gasteiger partial charge < -0.3 is 9.72 Å². The van der Waals surface area contributed by atoms with Gasteiger partial charge in [0, 0.05) is 9.90 Å². The molecular formula is C22H18Cl2N4O3S. The van der Waals surface area contributed by atoms with Gasteiger partial charge in [-0.05, 0) is 43.4 Å². The summed E-state index contributed by atoms with van der Waals surface area (Å²) in [6, 6.07) is 7.35. The Morgan fingerprint density at radius 2 is 2.09 bits per heavy atom. The first kappa shape index (κ1) is 21.2. The molecule has 164 valence electrons. The van der Waals surface area contributed by atoms with Crippen molar-refractivity contribution in [2.24, 2.45) is 0 Å². The number of carbonyl (C=O) groups is 1. The van der Waals surface area contributed by atoms with Gasteiger partial charge in [0.25, 0.3) is 5.56 Å². The number of aromatic amines is 1. The molecule has 1 aromatic carbocycles. The highest BCUT2D eigenvalue weighted by atomic mass is 35.5. The molecule has 0 radical (unpaired) electrons. The normalized spacial score (nSPS) is 13.0. The minimum atomic E-state index is -0.630. The van der Waals surface area contributed by atoms with E-state index in [4.69, 9.17) is 27.9 Å². The Balaban J connectivity index is 1.35. The zero-order valence-corrected chi connectivity index (χ0v) is 19.4. The molecule has 1 N–H and O–H groups in total. The minimum Gasteiger partial charge on any atom is -0.454 e. The summed E-state index contributed by atoms with van der Waals surface area (Å²) in [6.45, 7) is 1.84. The van der Waals surface area contributed by atoms with Crippen molar-refractivity contribution in [2.75, 3.05) is 0 Å². The molecule has 0 amide bonds. The molecule has 0 atom stereocenters. The fraction of sp³-hybridized carbons (Fsp3) is 0.273. The summed E-state index contributed by atoms with van der Waals surface area (Å²) >= 11 is 14.2. The lowest BCUT2D eigenvalue weighted by atomic mass is 10.2. The Morgan fingerprint density at radius 3 is 2.91 bits per heavy atom. The van der Waals surface area contributed by atoms with E-state index in [9.17, 15) is 9.59 Å². The molecule has 10 heteroatoms.